The molecule has 3 heteroatoms. The number of amides is 1. The first-order chi connectivity index (χ1) is 9.90. The maximum atomic E-state index is 12.6. The van der Waals surface area contributed by atoms with Crippen LogP contribution in [0.4, 0.5) is 0 Å². The third-order valence-electron chi connectivity index (χ3n) is 7.13. The topological polar surface area (TPSA) is 55.1 Å². The Morgan fingerprint density at radius 3 is 2.10 bits per heavy atom. The van der Waals surface area contributed by atoms with Crippen LogP contribution in [0.25, 0.3) is 0 Å². The predicted octanol–water partition coefficient (Wildman–Crippen LogP) is 3.08. The number of nitrogens with two attached hydrogens (primary N) is 1. The molecule has 0 heterocycles. The van der Waals surface area contributed by atoms with Gasteiger partial charge in [-0.1, -0.05) is 6.92 Å². The Morgan fingerprint density at radius 2 is 1.71 bits per heavy atom. The lowest BCUT2D eigenvalue weighted by Gasteiger charge is -2.59. The summed E-state index contributed by atoms with van der Waals surface area (Å²) in [6, 6.07) is 0.302. The molecule has 4 bridgehead atoms. The summed E-state index contributed by atoms with van der Waals surface area (Å²) in [4.78, 5) is 12.6. The van der Waals surface area contributed by atoms with Gasteiger partial charge in [-0.25, -0.2) is 0 Å². The monoisotopic (exact) mass is 292 g/mol. The summed E-state index contributed by atoms with van der Waals surface area (Å²) >= 11 is 0. The van der Waals surface area contributed by atoms with Crippen molar-refractivity contribution in [3.05, 3.63) is 0 Å². The average Bonchev–Trinajstić information content (AvgIpc) is 2.44. The number of nitrogens with one attached hydrogen (secondary N) is 1. The van der Waals surface area contributed by atoms with Crippen LogP contribution >= 0.6 is 0 Å². The second kappa shape index (κ2) is 5.26. The minimum Gasteiger partial charge on any atom is -0.353 e. The van der Waals surface area contributed by atoms with E-state index < -0.39 is 5.41 Å². The predicted molar refractivity (Wildman–Crippen MR) is 85.7 cm³/mol. The Kier molecular flexibility index (Phi) is 3.84. The van der Waals surface area contributed by atoms with E-state index in [1.54, 1.807) is 0 Å². The summed E-state index contributed by atoms with van der Waals surface area (Å²) in [6.07, 6.45) is 9.19. The van der Waals surface area contributed by atoms with Gasteiger partial charge >= 0.3 is 0 Å². The first-order valence-electron chi connectivity index (χ1n) is 8.92. The van der Waals surface area contributed by atoms with Crippen molar-refractivity contribution >= 4 is 5.91 Å². The van der Waals surface area contributed by atoms with E-state index in [0.717, 1.165) is 24.2 Å². The average molecular weight is 292 g/mol. The lowest BCUT2D eigenvalue weighted by Crippen LogP contribution is -2.58. The second-order valence-corrected chi connectivity index (χ2v) is 8.59. The van der Waals surface area contributed by atoms with Crippen LogP contribution in [-0.4, -0.2) is 18.5 Å². The number of carbonyl (C=O) groups is 1. The van der Waals surface area contributed by atoms with E-state index >= 15 is 0 Å². The highest BCUT2D eigenvalue weighted by molar-refractivity contribution is 5.82. The molecule has 3 nitrogen and oxygen atoms in total. The zero-order valence-corrected chi connectivity index (χ0v) is 14.0. The molecule has 4 aliphatic rings. The van der Waals surface area contributed by atoms with Gasteiger partial charge in [0.1, 0.15) is 0 Å². The largest absolute Gasteiger partial charge is 0.353 e. The number of hydrogen-bond donors (Lipinski definition) is 2. The van der Waals surface area contributed by atoms with Gasteiger partial charge < -0.3 is 11.1 Å². The van der Waals surface area contributed by atoms with E-state index in [4.69, 9.17) is 5.73 Å². The smallest absolute Gasteiger partial charge is 0.227 e. The fraction of sp³-hybridized carbons (Fsp3) is 0.944. The second-order valence-electron chi connectivity index (χ2n) is 8.59. The molecule has 1 amide bonds. The number of hydrogen-bond acceptors (Lipinski definition) is 2. The minimum atomic E-state index is -0.406. The molecule has 3 N–H and O–H groups in total. The molecule has 2 unspecified atom stereocenters. The summed E-state index contributed by atoms with van der Waals surface area (Å²) in [7, 11) is 0. The first kappa shape index (κ1) is 15.3. The summed E-state index contributed by atoms with van der Waals surface area (Å²) in [5.74, 6) is 2.96. The highest BCUT2D eigenvalue weighted by Crippen LogP contribution is 2.61. The number of carbonyl (C=O) groups excluding carboxylic acids is 1. The third-order valence-corrected chi connectivity index (χ3v) is 7.13. The van der Waals surface area contributed by atoms with Crippen LogP contribution in [0.1, 0.15) is 65.7 Å². The highest BCUT2D eigenvalue weighted by Gasteiger charge is 2.53. The summed E-state index contributed by atoms with van der Waals surface area (Å²) in [5.41, 5.74) is 5.82. The fourth-order valence-electron chi connectivity index (χ4n) is 5.63. The molecular formula is C18H32N2O. The Morgan fingerprint density at radius 1 is 1.24 bits per heavy atom. The Balaban J connectivity index is 1.71. The molecule has 4 saturated carbocycles. The van der Waals surface area contributed by atoms with Crippen molar-refractivity contribution in [2.24, 2.45) is 34.3 Å². The van der Waals surface area contributed by atoms with Crippen LogP contribution in [0, 0.1) is 28.6 Å². The molecule has 4 fully saturated rings. The maximum Gasteiger partial charge on any atom is 0.227 e. The van der Waals surface area contributed by atoms with Crippen molar-refractivity contribution in [3.8, 4) is 0 Å². The van der Waals surface area contributed by atoms with Crippen molar-refractivity contribution in [2.45, 2.75) is 71.8 Å². The third kappa shape index (κ3) is 2.52. The summed E-state index contributed by atoms with van der Waals surface area (Å²) in [6.45, 7) is 6.73. The molecule has 120 valence electrons. The zero-order chi connectivity index (χ0) is 15.3. The number of rotatable bonds is 5. The minimum absolute atomic E-state index is 0.163. The first-order valence-corrected chi connectivity index (χ1v) is 8.92. The molecule has 0 radical (unpaired) electrons. The van der Waals surface area contributed by atoms with Crippen LogP contribution in [0.15, 0.2) is 0 Å². The lowest BCUT2D eigenvalue weighted by atomic mass is 9.48. The van der Waals surface area contributed by atoms with Crippen LogP contribution < -0.4 is 11.1 Å². The van der Waals surface area contributed by atoms with E-state index in [1.165, 1.54) is 38.5 Å². The van der Waals surface area contributed by atoms with Crippen LogP contribution in [-0.2, 0) is 4.79 Å². The van der Waals surface area contributed by atoms with Crippen molar-refractivity contribution in [1.29, 1.82) is 0 Å². The van der Waals surface area contributed by atoms with Gasteiger partial charge in [-0.3, -0.25) is 4.79 Å². The molecular weight excluding hydrogens is 260 g/mol. The van der Waals surface area contributed by atoms with E-state index in [1.807, 2.05) is 6.92 Å². The van der Waals surface area contributed by atoms with Gasteiger partial charge in [0, 0.05) is 12.6 Å². The van der Waals surface area contributed by atoms with Gasteiger partial charge in [0.15, 0.2) is 0 Å². The van der Waals surface area contributed by atoms with E-state index in [2.05, 4.69) is 19.2 Å². The molecule has 4 aliphatic carbocycles. The van der Waals surface area contributed by atoms with E-state index in [0.29, 0.717) is 18.0 Å². The molecule has 0 spiro atoms. The lowest BCUT2D eigenvalue weighted by molar-refractivity contribution is -0.134. The van der Waals surface area contributed by atoms with Gasteiger partial charge in [-0.05, 0) is 82.0 Å². The standard InChI is InChI=1S/C18H32N2O/c1-4-17(3,11-19)16(21)20-12(2)18-8-13-5-14(9-18)7-15(6-13)10-18/h12-15H,4-11,19H2,1-3H3,(H,20,21). The van der Waals surface area contributed by atoms with Crippen molar-refractivity contribution in [2.75, 3.05) is 6.54 Å². The van der Waals surface area contributed by atoms with Gasteiger partial charge in [0.2, 0.25) is 5.91 Å². The maximum absolute atomic E-state index is 12.6. The van der Waals surface area contributed by atoms with Gasteiger partial charge in [0.25, 0.3) is 0 Å². The van der Waals surface area contributed by atoms with Crippen molar-refractivity contribution in [3.63, 3.8) is 0 Å². The van der Waals surface area contributed by atoms with E-state index in [9.17, 15) is 4.79 Å². The highest BCUT2D eigenvalue weighted by atomic mass is 16.2. The van der Waals surface area contributed by atoms with Crippen LogP contribution in [0.5, 0.6) is 0 Å². The quantitative estimate of drug-likeness (QED) is 0.818. The Hall–Kier alpha value is -0.570. The molecule has 0 aromatic carbocycles. The normalized spacial score (nSPS) is 41.6. The fourth-order valence-corrected chi connectivity index (χ4v) is 5.63. The molecule has 21 heavy (non-hydrogen) atoms. The zero-order valence-electron chi connectivity index (χ0n) is 14.0. The van der Waals surface area contributed by atoms with Gasteiger partial charge in [0.05, 0.1) is 5.41 Å². The van der Waals surface area contributed by atoms with Gasteiger partial charge in [-0.2, -0.15) is 0 Å². The van der Waals surface area contributed by atoms with Crippen LogP contribution in [0.2, 0.25) is 0 Å². The Bertz CT molecular complexity index is 378. The van der Waals surface area contributed by atoms with Crippen LogP contribution in [0.3, 0.4) is 0 Å². The summed E-state index contributed by atoms with van der Waals surface area (Å²) in [5, 5.41) is 3.36. The van der Waals surface area contributed by atoms with Crippen molar-refractivity contribution in [1.82, 2.24) is 5.32 Å². The molecule has 2 atom stereocenters. The van der Waals surface area contributed by atoms with Gasteiger partial charge in [-0.15, -0.1) is 0 Å². The van der Waals surface area contributed by atoms with Crippen molar-refractivity contribution < 1.29 is 4.79 Å². The molecule has 0 aromatic heterocycles. The molecule has 0 aliphatic heterocycles. The molecule has 4 rings (SSSR count). The van der Waals surface area contributed by atoms with E-state index in [-0.39, 0.29) is 5.91 Å². The summed E-state index contributed by atoms with van der Waals surface area (Å²) < 4.78 is 0. The molecule has 0 aromatic rings. The Labute approximate surface area is 129 Å². The molecule has 0 saturated heterocycles. The SMILES string of the molecule is CCC(C)(CN)C(=O)NC(C)C12CC3CC(CC(C3)C1)C2.